The van der Waals surface area contributed by atoms with Gasteiger partial charge in [0.25, 0.3) is 0 Å². The van der Waals surface area contributed by atoms with Gasteiger partial charge >= 0.3 is 0 Å². The third-order valence-corrected chi connectivity index (χ3v) is 4.51. The minimum atomic E-state index is 0.372. The second-order valence-electron chi connectivity index (χ2n) is 4.62. The maximum Gasteiger partial charge on any atom is 0.0637 e. The maximum atomic E-state index is 6.12. The van der Waals surface area contributed by atoms with Crippen LogP contribution in [-0.4, -0.2) is 11.9 Å². The van der Waals surface area contributed by atoms with Crippen LogP contribution in [0.25, 0.3) is 0 Å². The summed E-state index contributed by atoms with van der Waals surface area (Å²) in [5, 5.41) is 5.08. The molecule has 94 valence electrons. The SMILES string of the molecule is Clc1cccc(CNCC2CCC(Cl)C2)c1Cl. The topological polar surface area (TPSA) is 12.0 Å². The van der Waals surface area contributed by atoms with Gasteiger partial charge in [0, 0.05) is 11.9 Å². The van der Waals surface area contributed by atoms with Crippen LogP contribution in [0.15, 0.2) is 18.2 Å². The second kappa shape index (κ2) is 6.29. The molecule has 1 aliphatic carbocycles. The largest absolute Gasteiger partial charge is 0.312 e. The lowest BCUT2D eigenvalue weighted by Gasteiger charge is -2.12. The minimum Gasteiger partial charge on any atom is -0.312 e. The van der Waals surface area contributed by atoms with Crippen LogP contribution in [0.4, 0.5) is 0 Å². The lowest BCUT2D eigenvalue weighted by Crippen LogP contribution is -2.21. The van der Waals surface area contributed by atoms with E-state index in [1.165, 1.54) is 6.42 Å². The molecule has 4 heteroatoms. The summed E-state index contributed by atoms with van der Waals surface area (Å²) in [6.07, 6.45) is 3.49. The van der Waals surface area contributed by atoms with Gasteiger partial charge in [0.2, 0.25) is 0 Å². The number of benzene rings is 1. The molecular formula is C13H16Cl3N. The summed E-state index contributed by atoms with van der Waals surface area (Å²) in [5.74, 6) is 0.704. The number of alkyl halides is 1. The smallest absolute Gasteiger partial charge is 0.0637 e. The Hall–Kier alpha value is 0.0500. The van der Waals surface area contributed by atoms with E-state index in [1.54, 1.807) is 0 Å². The molecule has 1 nitrogen and oxygen atoms in total. The summed E-state index contributed by atoms with van der Waals surface area (Å²) in [6.45, 7) is 1.77. The van der Waals surface area contributed by atoms with Gasteiger partial charge in [-0.3, -0.25) is 0 Å². The van der Waals surface area contributed by atoms with E-state index in [1.807, 2.05) is 18.2 Å². The Bertz CT molecular complexity index is 381. The molecule has 0 aromatic heterocycles. The van der Waals surface area contributed by atoms with Gasteiger partial charge in [-0.15, -0.1) is 11.6 Å². The predicted octanol–water partition coefficient (Wildman–Crippen LogP) is 4.49. The zero-order valence-corrected chi connectivity index (χ0v) is 11.8. The summed E-state index contributed by atoms with van der Waals surface area (Å²) < 4.78 is 0. The number of hydrogen-bond acceptors (Lipinski definition) is 1. The Kier molecular flexibility index (Phi) is 4.98. The Morgan fingerprint density at radius 2 is 2.06 bits per heavy atom. The minimum absolute atomic E-state index is 0.372. The molecule has 1 aliphatic rings. The van der Waals surface area contributed by atoms with Crippen LogP contribution in [0.5, 0.6) is 0 Å². The van der Waals surface area contributed by atoms with Gasteiger partial charge in [-0.05, 0) is 43.4 Å². The highest BCUT2D eigenvalue weighted by Crippen LogP contribution is 2.29. The maximum absolute atomic E-state index is 6.12. The average molecular weight is 293 g/mol. The van der Waals surface area contributed by atoms with Crippen LogP contribution in [0.1, 0.15) is 24.8 Å². The Balaban J connectivity index is 1.80. The van der Waals surface area contributed by atoms with Crippen molar-refractivity contribution >= 4 is 34.8 Å². The van der Waals surface area contributed by atoms with E-state index >= 15 is 0 Å². The second-order valence-corrected chi connectivity index (χ2v) is 6.02. The van der Waals surface area contributed by atoms with Crippen molar-refractivity contribution < 1.29 is 0 Å². The van der Waals surface area contributed by atoms with Crippen molar-refractivity contribution in [2.24, 2.45) is 5.92 Å². The fourth-order valence-corrected chi connectivity index (χ4v) is 3.06. The molecule has 2 unspecified atom stereocenters. The van der Waals surface area contributed by atoms with Gasteiger partial charge in [0.05, 0.1) is 10.0 Å². The van der Waals surface area contributed by atoms with Crippen LogP contribution < -0.4 is 5.32 Å². The van der Waals surface area contributed by atoms with E-state index in [9.17, 15) is 0 Å². The quantitative estimate of drug-likeness (QED) is 0.806. The molecule has 1 N–H and O–H groups in total. The van der Waals surface area contributed by atoms with E-state index in [4.69, 9.17) is 34.8 Å². The Labute approximate surface area is 117 Å². The standard InChI is InChI=1S/C13H16Cl3N/c14-11-5-4-9(6-11)7-17-8-10-2-1-3-12(15)13(10)16/h1-3,9,11,17H,4-8H2. The molecular weight excluding hydrogens is 277 g/mol. The number of nitrogens with one attached hydrogen (secondary N) is 1. The van der Waals surface area contributed by atoms with E-state index in [2.05, 4.69) is 5.32 Å². The number of halogens is 3. The van der Waals surface area contributed by atoms with Gasteiger partial charge in [0.1, 0.15) is 0 Å². The van der Waals surface area contributed by atoms with Crippen molar-refractivity contribution in [1.29, 1.82) is 0 Å². The first kappa shape index (κ1) is 13.5. The van der Waals surface area contributed by atoms with Gasteiger partial charge < -0.3 is 5.32 Å². The van der Waals surface area contributed by atoms with Crippen LogP contribution in [-0.2, 0) is 6.54 Å². The third kappa shape index (κ3) is 3.75. The van der Waals surface area contributed by atoms with Crippen molar-refractivity contribution in [3.63, 3.8) is 0 Å². The van der Waals surface area contributed by atoms with Gasteiger partial charge in [-0.1, -0.05) is 35.3 Å². The monoisotopic (exact) mass is 291 g/mol. The molecule has 0 radical (unpaired) electrons. The van der Waals surface area contributed by atoms with E-state index in [0.717, 1.165) is 31.5 Å². The van der Waals surface area contributed by atoms with Crippen molar-refractivity contribution in [3.05, 3.63) is 33.8 Å². The van der Waals surface area contributed by atoms with Crippen LogP contribution in [0, 0.1) is 5.92 Å². The highest BCUT2D eigenvalue weighted by atomic mass is 35.5. The molecule has 0 amide bonds. The molecule has 2 atom stereocenters. The van der Waals surface area contributed by atoms with Crippen LogP contribution in [0.2, 0.25) is 10.0 Å². The Morgan fingerprint density at radius 3 is 2.76 bits per heavy atom. The van der Waals surface area contributed by atoms with Crippen molar-refractivity contribution in [2.45, 2.75) is 31.2 Å². The van der Waals surface area contributed by atoms with Crippen molar-refractivity contribution in [1.82, 2.24) is 5.32 Å². The first-order valence-electron chi connectivity index (χ1n) is 5.94. The summed E-state index contributed by atoms with van der Waals surface area (Å²) in [6, 6.07) is 5.73. The zero-order valence-electron chi connectivity index (χ0n) is 9.56. The lowest BCUT2D eigenvalue weighted by molar-refractivity contribution is 0.490. The fraction of sp³-hybridized carbons (Fsp3) is 0.538. The molecule has 2 rings (SSSR count). The molecule has 1 aromatic rings. The molecule has 0 bridgehead atoms. The van der Waals surface area contributed by atoms with Gasteiger partial charge in [-0.25, -0.2) is 0 Å². The fourth-order valence-electron chi connectivity index (χ4n) is 2.30. The molecule has 0 saturated heterocycles. The van der Waals surface area contributed by atoms with Gasteiger partial charge in [0.15, 0.2) is 0 Å². The molecule has 1 saturated carbocycles. The van der Waals surface area contributed by atoms with Gasteiger partial charge in [-0.2, -0.15) is 0 Å². The Morgan fingerprint density at radius 1 is 1.24 bits per heavy atom. The summed E-state index contributed by atoms with van der Waals surface area (Å²) in [4.78, 5) is 0. The lowest BCUT2D eigenvalue weighted by atomic mass is 10.1. The number of rotatable bonds is 4. The molecule has 17 heavy (non-hydrogen) atoms. The predicted molar refractivity (Wildman–Crippen MR) is 75.2 cm³/mol. The highest BCUT2D eigenvalue weighted by molar-refractivity contribution is 6.42. The number of hydrogen-bond donors (Lipinski definition) is 1. The summed E-state index contributed by atoms with van der Waals surface area (Å²) in [5.41, 5.74) is 1.06. The van der Waals surface area contributed by atoms with Crippen molar-refractivity contribution in [3.8, 4) is 0 Å². The molecule has 1 fully saturated rings. The van der Waals surface area contributed by atoms with E-state index in [0.29, 0.717) is 21.3 Å². The van der Waals surface area contributed by atoms with Crippen LogP contribution >= 0.6 is 34.8 Å². The third-order valence-electron chi connectivity index (χ3n) is 3.26. The zero-order chi connectivity index (χ0) is 12.3. The first-order valence-corrected chi connectivity index (χ1v) is 7.13. The summed E-state index contributed by atoms with van der Waals surface area (Å²) in [7, 11) is 0. The summed E-state index contributed by atoms with van der Waals surface area (Å²) >= 11 is 18.2. The molecule has 0 aliphatic heterocycles. The molecule has 0 heterocycles. The van der Waals surface area contributed by atoms with Crippen LogP contribution in [0.3, 0.4) is 0 Å². The normalized spacial score (nSPS) is 24.2. The van der Waals surface area contributed by atoms with Crippen molar-refractivity contribution in [2.75, 3.05) is 6.54 Å². The van der Waals surface area contributed by atoms with E-state index in [-0.39, 0.29) is 0 Å². The molecule has 1 aromatic carbocycles. The highest BCUT2D eigenvalue weighted by Gasteiger charge is 2.22. The first-order chi connectivity index (χ1) is 8.16. The average Bonchev–Trinajstić information content (AvgIpc) is 2.70. The van der Waals surface area contributed by atoms with E-state index < -0.39 is 0 Å². The molecule has 0 spiro atoms.